The Morgan fingerprint density at radius 2 is 2.33 bits per heavy atom. The molecule has 0 aliphatic carbocycles. The van der Waals surface area contributed by atoms with Crippen LogP contribution >= 0.6 is 0 Å². The molecular formula is C7H14N2O2S. The van der Waals surface area contributed by atoms with Gasteiger partial charge < -0.3 is 4.90 Å². The summed E-state index contributed by atoms with van der Waals surface area (Å²) in [6.07, 6.45) is 2.75. The zero-order valence-electron chi connectivity index (χ0n) is 7.16. The fourth-order valence-corrected chi connectivity index (χ4v) is 1.98. The van der Waals surface area contributed by atoms with Gasteiger partial charge in [-0.05, 0) is 13.5 Å². The second kappa shape index (κ2) is 3.55. The van der Waals surface area contributed by atoms with Crippen molar-refractivity contribution in [3.05, 3.63) is 11.6 Å². The van der Waals surface area contributed by atoms with E-state index in [4.69, 9.17) is 5.14 Å². The minimum Gasteiger partial charge on any atom is -0.302 e. The molecule has 12 heavy (non-hydrogen) atoms. The predicted molar refractivity (Wildman–Crippen MR) is 48.2 cm³/mol. The molecule has 1 aliphatic heterocycles. The number of rotatable bonds is 2. The van der Waals surface area contributed by atoms with Gasteiger partial charge in [0, 0.05) is 13.1 Å². The first-order valence-corrected chi connectivity index (χ1v) is 5.56. The van der Waals surface area contributed by atoms with E-state index in [0.717, 1.165) is 25.1 Å². The summed E-state index contributed by atoms with van der Waals surface area (Å²) in [5.74, 6) is 0.0147. The van der Waals surface area contributed by atoms with Crippen molar-refractivity contribution < 1.29 is 8.42 Å². The summed E-state index contributed by atoms with van der Waals surface area (Å²) < 4.78 is 21.4. The standard InChI is InChI=1S/C7H14N2O2S/c1-9-4-2-7(3-5-9)6-12(8,10)11/h2H,3-6H2,1H3,(H2,8,10,11). The molecule has 0 saturated heterocycles. The number of sulfonamides is 1. The van der Waals surface area contributed by atoms with Crippen LogP contribution in [0.15, 0.2) is 11.6 Å². The maximum Gasteiger partial charge on any atom is 0.212 e. The van der Waals surface area contributed by atoms with Crippen molar-refractivity contribution in [3.8, 4) is 0 Å². The van der Waals surface area contributed by atoms with Gasteiger partial charge in [0.25, 0.3) is 0 Å². The normalized spacial score (nSPS) is 20.7. The van der Waals surface area contributed by atoms with Crippen LogP contribution in [-0.4, -0.2) is 39.2 Å². The monoisotopic (exact) mass is 190 g/mol. The Labute approximate surface area is 73.1 Å². The molecule has 1 aliphatic rings. The van der Waals surface area contributed by atoms with Crippen LogP contribution in [-0.2, 0) is 10.0 Å². The maximum atomic E-state index is 10.7. The van der Waals surface area contributed by atoms with Gasteiger partial charge in [0.1, 0.15) is 0 Å². The van der Waals surface area contributed by atoms with E-state index in [0.29, 0.717) is 0 Å². The number of likely N-dealkylation sites (N-methyl/N-ethyl adjacent to an activating group) is 1. The molecule has 2 N–H and O–H groups in total. The Morgan fingerprint density at radius 3 is 2.75 bits per heavy atom. The summed E-state index contributed by atoms with van der Waals surface area (Å²) in [6.45, 7) is 1.74. The SMILES string of the molecule is CN1CC=C(CS(N)(=O)=O)CC1. The topological polar surface area (TPSA) is 63.4 Å². The van der Waals surface area contributed by atoms with E-state index in [1.807, 2.05) is 13.1 Å². The summed E-state index contributed by atoms with van der Waals surface area (Å²) in [6, 6.07) is 0. The highest BCUT2D eigenvalue weighted by Gasteiger charge is 2.12. The highest BCUT2D eigenvalue weighted by molar-refractivity contribution is 7.89. The molecule has 0 aromatic carbocycles. The van der Waals surface area contributed by atoms with E-state index in [1.165, 1.54) is 0 Å². The van der Waals surface area contributed by atoms with E-state index in [9.17, 15) is 8.42 Å². The van der Waals surface area contributed by atoms with Crippen LogP contribution in [0.25, 0.3) is 0 Å². The third-order valence-corrected chi connectivity index (χ3v) is 2.67. The number of nitrogens with two attached hydrogens (primary N) is 1. The van der Waals surface area contributed by atoms with E-state index in [1.54, 1.807) is 0 Å². The lowest BCUT2D eigenvalue weighted by Gasteiger charge is -2.21. The molecule has 0 aromatic rings. The Hall–Kier alpha value is -0.390. The second-order valence-electron chi connectivity index (χ2n) is 3.18. The molecule has 0 bridgehead atoms. The number of hydrogen-bond acceptors (Lipinski definition) is 3. The van der Waals surface area contributed by atoms with Crippen molar-refractivity contribution in [1.82, 2.24) is 4.90 Å². The number of nitrogens with zero attached hydrogens (tertiary/aromatic N) is 1. The zero-order chi connectivity index (χ0) is 9.19. The summed E-state index contributed by atoms with van der Waals surface area (Å²) in [5.41, 5.74) is 0.940. The zero-order valence-corrected chi connectivity index (χ0v) is 7.97. The highest BCUT2D eigenvalue weighted by Crippen LogP contribution is 2.09. The van der Waals surface area contributed by atoms with Gasteiger partial charge in [0.15, 0.2) is 0 Å². The van der Waals surface area contributed by atoms with Crippen molar-refractivity contribution in [1.29, 1.82) is 0 Å². The minimum atomic E-state index is -3.33. The third kappa shape index (κ3) is 3.34. The molecule has 0 amide bonds. The van der Waals surface area contributed by atoms with Crippen LogP contribution in [0, 0.1) is 0 Å². The van der Waals surface area contributed by atoms with Gasteiger partial charge in [0.2, 0.25) is 10.0 Å². The quantitative estimate of drug-likeness (QED) is 0.599. The van der Waals surface area contributed by atoms with Crippen molar-refractivity contribution in [2.75, 3.05) is 25.9 Å². The Kier molecular flexibility index (Phi) is 2.87. The molecule has 1 rings (SSSR count). The number of hydrogen-bond donors (Lipinski definition) is 1. The largest absolute Gasteiger partial charge is 0.302 e. The van der Waals surface area contributed by atoms with E-state index in [-0.39, 0.29) is 5.75 Å². The summed E-state index contributed by atoms with van der Waals surface area (Å²) in [7, 11) is -1.32. The van der Waals surface area contributed by atoms with Crippen LogP contribution in [0.3, 0.4) is 0 Å². The molecule has 0 fully saturated rings. The van der Waals surface area contributed by atoms with Gasteiger partial charge >= 0.3 is 0 Å². The first kappa shape index (κ1) is 9.70. The first-order valence-electron chi connectivity index (χ1n) is 3.84. The molecule has 0 saturated carbocycles. The first-order chi connectivity index (χ1) is 5.47. The van der Waals surface area contributed by atoms with E-state index < -0.39 is 10.0 Å². The highest BCUT2D eigenvalue weighted by atomic mass is 32.2. The average molecular weight is 190 g/mol. The van der Waals surface area contributed by atoms with Crippen molar-refractivity contribution in [2.45, 2.75) is 6.42 Å². The van der Waals surface area contributed by atoms with Crippen molar-refractivity contribution in [2.24, 2.45) is 5.14 Å². The molecule has 1 heterocycles. The lowest BCUT2D eigenvalue weighted by atomic mass is 10.1. The van der Waals surface area contributed by atoms with Crippen LogP contribution in [0.5, 0.6) is 0 Å². The Bertz CT molecular complexity index is 282. The summed E-state index contributed by atoms with van der Waals surface area (Å²) >= 11 is 0. The van der Waals surface area contributed by atoms with Crippen LogP contribution in [0.1, 0.15) is 6.42 Å². The van der Waals surface area contributed by atoms with Gasteiger partial charge in [-0.2, -0.15) is 0 Å². The predicted octanol–water partition coefficient (Wildman–Crippen LogP) is -0.463. The molecule has 0 unspecified atom stereocenters. The van der Waals surface area contributed by atoms with Gasteiger partial charge in [-0.3, -0.25) is 0 Å². The maximum absolute atomic E-state index is 10.7. The Morgan fingerprint density at radius 1 is 1.67 bits per heavy atom. The molecule has 0 spiro atoms. The lowest BCUT2D eigenvalue weighted by molar-refractivity contribution is 0.359. The fourth-order valence-electron chi connectivity index (χ4n) is 1.20. The molecule has 0 radical (unpaired) electrons. The van der Waals surface area contributed by atoms with Crippen molar-refractivity contribution in [3.63, 3.8) is 0 Å². The van der Waals surface area contributed by atoms with Gasteiger partial charge in [-0.25, -0.2) is 13.6 Å². The van der Waals surface area contributed by atoms with Crippen LogP contribution in [0.4, 0.5) is 0 Å². The third-order valence-electron chi connectivity index (χ3n) is 1.89. The van der Waals surface area contributed by atoms with Crippen molar-refractivity contribution >= 4 is 10.0 Å². The van der Waals surface area contributed by atoms with Crippen LogP contribution < -0.4 is 5.14 Å². The second-order valence-corrected chi connectivity index (χ2v) is 4.80. The average Bonchev–Trinajstić information content (AvgIpc) is 1.91. The van der Waals surface area contributed by atoms with E-state index >= 15 is 0 Å². The van der Waals surface area contributed by atoms with Gasteiger partial charge in [-0.15, -0.1) is 0 Å². The van der Waals surface area contributed by atoms with Crippen LogP contribution in [0.2, 0.25) is 0 Å². The van der Waals surface area contributed by atoms with Gasteiger partial charge in [-0.1, -0.05) is 11.6 Å². The summed E-state index contributed by atoms with van der Waals surface area (Å²) in [5, 5.41) is 4.92. The van der Waals surface area contributed by atoms with Gasteiger partial charge in [0.05, 0.1) is 5.75 Å². The molecule has 0 atom stereocenters. The molecule has 70 valence electrons. The Balaban J connectivity index is 2.55. The van der Waals surface area contributed by atoms with E-state index in [2.05, 4.69) is 4.90 Å². The minimum absolute atomic E-state index is 0.0147. The molecule has 4 nitrogen and oxygen atoms in total. The molecule has 0 aromatic heterocycles. The smallest absolute Gasteiger partial charge is 0.212 e. The molecular weight excluding hydrogens is 176 g/mol. The lowest BCUT2D eigenvalue weighted by Crippen LogP contribution is -2.27. The summed E-state index contributed by atoms with van der Waals surface area (Å²) in [4.78, 5) is 2.13. The number of primary sulfonamides is 1. The molecule has 5 heteroatoms. The fraction of sp³-hybridized carbons (Fsp3) is 0.714.